The lowest BCUT2D eigenvalue weighted by Crippen LogP contribution is -2.02. The second kappa shape index (κ2) is 21.3. The first kappa shape index (κ1) is 47.4. The van der Waals surface area contributed by atoms with Crippen LogP contribution in [0.15, 0.2) is 155 Å². The van der Waals surface area contributed by atoms with Crippen molar-refractivity contribution < 1.29 is 18.9 Å². The molecular formula is C52H32Br2I6O4. The third-order valence-corrected chi connectivity index (χ3v) is 17.4. The van der Waals surface area contributed by atoms with E-state index >= 15 is 0 Å². The second-order valence-electron chi connectivity index (χ2n) is 14.8. The topological polar surface area (TPSA) is 36.9 Å². The van der Waals surface area contributed by atoms with E-state index in [2.05, 4.69) is 313 Å². The smallest absolute Gasteiger partial charge is 0.134 e. The van der Waals surface area contributed by atoms with Gasteiger partial charge in [0, 0.05) is 16.1 Å². The molecule has 12 heteroatoms. The second-order valence-corrected chi connectivity index (χ2v) is 23.5. The number of ether oxygens (including phenoxy) is 4. The van der Waals surface area contributed by atoms with Gasteiger partial charge in [0.1, 0.15) is 49.4 Å². The number of fused-ring (bicyclic) bond motifs is 8. The average Bonchev–Trinajstić information content (AvgIpc) is 3.30. The van der Waals surface area contributed by atoms with Crippen LogP contribution >= 0.6 is 167 Å². The van der Waals surface area contributed by atoms with Crippen LogP contribution in [0.2, 0.25) is 0 Å². The molecule has 0 saturated heterocycles. The Morgan fingerprint density at radius 3 is 0.750 bits per heavy atom. The van der Waals surface area contributed by atoms with Crippen molar-refractivity contribution in [1.82, 2.24) is 0 Å². The highest BCUT2D eigenvalue weighted by Crippen LogP contribution is 2.43. The molecule has 8 aromatic rings. The van der Waals surface area contributed by atoms with Gasteiger partial charge in [-0.25, -0.2) is 0 Å². The molecule has 0 spiro atoms. The van der Waals surface area contributed by atoms with Crippen LogP contribution in [0, 0.1) is 21.4 Å². The summed E-state index contributed by atoms with van der Waals surface area (Å²) in [6.07, 6.45) is 0. The summed E-state index contributed by atoms with van der Waals surface area (Å²) in [6.45, 7) is 1.99. The molecule has 0 amide bonds. The first-order valence-electron chi connectivity index (χ1n) is 19.8. The van der Waals surface area contributed by atoms with Gasteiger partial charge in [-0.05, 0) is 251 Å². The zero-order valence-electron chi connectivity index (χ0n) is 33.3. The molecule has 8 aromatic carbocycles. The lowest BCUT2D eigenvalue weighted by Gasteiger charge is -2.17. The predicted molar refractivity (Wildman–Crippen MR) is 317 cm³/mol. The summed E-state index contributed by atoms with van der Waals surface area (Å²) in [7, 11) is 0. The third kappa shape index (κ3) is 10.5. The molecule has 0 atom stereocenters. The molecule has 8 bridgehead atoms. The van der Waals surface area contributed by atoms with Crippen molar-refractivity contribution in [2.45, 2.75) is 26.4 Å². The molecule has 4 heterocycles. The Labute approximate surface area is 471 Å². The van der Waals surface area contributed by atoms with Gasteiger partial charge >= 0.3 is 0 Å². The summed E-state index contributed by atoms with van der Waals surface area (Å²) in [5.74, 6) is 3.49. The maximum atomic E-state index is 6.29. The van der Waals surface area contributed by atoms with Crippen LogP contribution in [-0.4, -0.2) is 0 Å². The van der Waals surface area contributed by atoms with Gasteiger partial charge in [-0.2, -0.15) is 0 Å². The summed E-state index contributed by atoms with van der Waals surface area (Å²) >= 11 is 21.8. The third-order valence-electron chi connectivity index (χ3n) is 10.8. The highest BCUT2D eigenvalue weighted by molar-refractivity contribution is 14.1. The normalized spacial score (nSPS) is 12.6. The van der Waals surface area contributed by atoms with E-state index < -0.39 is 0 Å². The van der Waals surface area contributed by atoms with Gasteiger partial charge in [-0.1, -0.05) is 129 Å². The first-order valence-corrected chi connectivity index (χ1v) is 27.9. The molecule has 4 aliphatic heterocycles. The minimum Gasteiger partial charge on any atom is -0.488 e. The van der Waals surface area contributed by atoms with Crippen LogP contribution in [0.4, 0.5) is 0 Å². The standard InChI is InChI=1S/2C26H16BrI3O2/c2*27-17-9-20-18-7-3-1-5-15(18)13-31-24-11-23(29)25(12-22(24)28)32-14-16-6-2-4-8-19(16)21(10-17)26(20)30/h2*1-12H,13-14H2. The Hall–Kier alpha value is -1.70. The number of benzene rings is 8. The quantitative estimate of drug-likeness (QED) is 0.142. The van der Waals surface area contributed by atoms with Gasteiger partial charge < -0.3 is 18.9 Å². The first-order chi connectivity index (χ1) is 31.0. The van der Waals surface area contributed by atoms with Crippen molar-refractivity contribution in [1.29, 1.82) is 0 Å². The van der Waals surface area contributed by atoms with E-state index in [0.717, 1.165) is 68.5 Å². The van der Waals surface area contributed by atoms with Crippen LogP contribution in [0.5, 0.6) is 23.0 Å². The van der Waals surface area contributed by atoms with E-state index in [4.69, 9.17) is 18.9 Å². The molecular weight excluding hydrogens is 1610 g/mol. The number of rotatable bonds is 0. The Bertz CT molecular complexity index is 2680. The van der Waals surface area contributed by atoms with Crippen LogP contribution < -0.4 is 18.9 Å². The lowest BCUT2D eigenvalue weighted by atomic mass is 9.94. The Balaban J connectivity index is 0.000000162. The van der Waals surface area contributed by atoms with E-state index in [1.54, 1.807) is 0 Å². The van der Waals surface area contributed by atoms with Gasteiger partial charge in [0.05, 0.1) is 14.3 Å². The molecule has 64 heavy (non-hydrogen) atoms. The number of halogens is 8. The van der Waals surface area contributed by atoms with Crippen molar-refractivity contribution in [3.05, 3.63) is 198 Å². The Kier molecular flexibility index (Phi) is 15.8. The molecule has 0 aliphatic carbocycles. The largest absolute Gasteiger partial charge is 0.488 e. The minimum atomic E-state index is 0.497. The Morgan fingerprint density at radius 2 is 0.516 bits per heavy atom. The number of hydrogen-bond donors (Lipinski definition) is 0. The van der Waals surface area contributed by atoms with E-state index in [1.165, 1.54) is 51.6 Å². The van der Waals surface area contributed by atoms with Crippen molar-refractivity contribution in [2.75, 3.05) is 0 Å². The fourth-order valence-electron chi connectivity index (χ4n) is 7.68. The summed E-state index contributed by atoms with van der Waals surface area (Å²) in [5, 5.41) is 0. The predicted octanol–water partition coefficient (Wildman–Crippen LogP) is 18.1. The van der Waals surface area contributed by atoms with Gasteiger partial charge in [-0.3, -0.25) is 0 Å². The van der Waals surface area contributed by atoms with E-state index in [9.17, 15) is 0 Å². The maximum Gasteiger partial charge on any atom is 0.134 e. The van der Waals surface area contributed by atoms with Crippen molar-refractivity contribution in [2.24, 2.45) is 0 Å². The van der Waals surface area contributed by atoms with Crippen molar-refractivity contribution in [3.63, 3.8) is 0 Å². The molecule has 0 saturated carbocycles. The van der Waals surface area contributed by atoms with Crippen molar-refractivity contribution >= 4 is 167 Å². The van der Waals surface area contributed by atoms with Gasteiger partial charge in [0.25, 0.3) is 0 Å². The monoisotopic (exact) mass is 1640 g/mol. The minimum absolute atomic E-state index is 0.497. The van der Waals surface area contributed by atoms with E-state index in [-0.39, 0.29) is 0 Å². The molecule has 4 aliphatic rings. The van der Waals surface area contributed by atoms with Crippen LogP contribution in [0.25, 0.3) is 44.5 Å². The van der Waals surface area contributed by atoms with Crippen LogP contribution in [-0.2, 0) is 26.4 Å². The SMILES string of the molecule is Brc1cc2c(I)c(c1)-c1ccccc1COc1cc(I)c(cc1I)OCc1ccccc1-2.Brc1cc2c(I)c(c1)-c1ccccc1COc1cc(I)c(cc1I)OCc1ccccc1-2. The Morgan fingerprint density at radius 1 is 0.297 bits per heavy atom. The molecule has 4 nitrogen and oxygen atoms in total. The molecule has 0 unspecified atom stereocenters. The molecule has 0 fully saturated rings. The van der Waals surface area contributed by atoms with Crippen LogP contribution in [0.3, 0.4) is 0 Å². The molecule has 12 rings (SSSR count). The average molecular weight is 1640 g/mol. The molecule has 0 aromatic heterocycles. The summed E-state index contributed by atoms with van der Waals surface area (Å²) in [6, 6.07) is 51.0. The fourth-order valence-corrected chi connectivity index (χ4v) is 12.8. The highest BCUT2D eigenvalue weighted by Gasteiger charge is 2.21. The van der Waals surface area contributed by atoms with E-state index in [1.807, 2.05) is 0 Å². The summed E-state index contributed by atoms with van der Waals surface area (Å²) in [4.78, 5) is 0. The van der Waals surface area contributed by atoms with Crippen LogP contribution in [0.1, 0.15) is 22.3 Å². The van der Waals surface area contributed by atoms with Crippen molar-refractivity contribution in [3.8, 4) is 67.5 Å². The zero-order valence-corrected chi connectivity index (χ0v) is 49.5. The highest BCUT2D eigenvalue weighted by atomic mass is 127. The van der Waals surface area contributed by atoms with Gasteiger partial charge in [-0.15, -0.1) is 0 Å². The molecule has 0 radical (unpaired) electrons. The summed E-state index contributed by atoms with van der Waals surface area (Å²) < 4.78 is 33.9. The fraction of sp³-hybridized carbons (Fsp3) is 0.0769. The van der Waals surface area contributed by atoms with E-state index in [0.29, 0.717) is 26.4 Å². The maximum absolute atomic E-state index is 6.29. The van der Waals surface area contributed by atoms with Gasteiger partial charge in [0.15, 0.2) is 0 Å². The zero-order chi connectivity index (χ0) is 44.5. The lowest BCUT2D eigenvalue weighted by molar-refractivity contribution is 0.294. The number of hydrogen-bond acceptors (Lipinski definition) is 4. The van der Waals surface area contributed by atoms with Gasteiger partial charge in [0.2, 0.25) is 0 Å². The molecule has 0 N–H and O–H groups in total. The summed E-state index contributed by atoms with van der Waals surface area (Å²) in [5.41, 5.74) is 14.1. The molecule has 320 valence electrons.